The normalized spacial score (nSPS) is 11.5. The average Bonchev–Trinajstić information content (AvgIpc) is 2.68. The number of aryl methyl sites for hydroxylation is 1. The number of likely N-dealkylation sites (N-methyl/N-ethyl adjacent to an activating group) is 1. The maximum atomic E-state index is 11.5. The number of aliphatic imine (C=N–C) groups is 1. The van der Waals surface area contributed by atoms with Gasteiger partial charge in [0.05, 0.1) is 11.4 Å². The third-order valence-corrected chi connectivity index (χ3v) is 5.62. The van der Waals surface area contributed by atoms with Gasteiger partial charge in [0.25, 0.3) is 0 Å². The Morgan fingerprint density at radius 1 is 1.13 bits per heavy atom. The molecule has 0 spiro atoms. The van der Waals surface area contributed by atoms with Crippen LogP contribution in [0.25, 0.3) is 0 Å². The summed E-state index contributed by atoms with van der Waals surface area (Å²) in [5.41, 5.74) is 2.18. The summed E-state index contributed by atoms with van der Waals surface area (Å²) in [6.45, 7) is 6.75. The van der Waals surface area contributed by atoms with Crippen molar-refractivity contribution < 1.29 is 13.2 Å². The first-order chi connectivity index (χ1) is 13.8. The quantitative estimate of drug-likeness (QED) is 0.297. The van der Waals surface area contributed by atoms with Crippen molar-refractivity contribution in [2.75, 3.05) is 39.5 Å². The van der Waals surface area contributed by atoms with Crippen molar-refractivity contribution in [2.45, 2.75) is 25.2 Å². The van der Waals surface area contributed by atoms with E-state index in [9.17, 15) is 8.42 Å². The van der Waals surface area contributed by atoms with Gasteiger partial charge in [0.2, 0.25) is 0 Å². The van der Waals surface area contributed by atoms with Gasteiger partial charge in [0, 0.05) is 26.4 Å². The van der Waals surface area contributed by atoms with Gasteiger partial charge < -0.3 is 15.0 Å². The van der Waals surface area contributed by atoms with Gasteiger partial charge in [-0.15, -0.1) is 24.0 Å². The van der Waals surface area contributed by atoms with Crippen molar-refractivity contribution >= 4 is 39.8 Å². The number of guanidine groups is 1. The molecule has 6 nitrogen and oxygen atoms in total. The van der Waals surface area contributed by atoms with Crippen molar-refractivity contribution in [3.05, 3.63) is 59.7 Å². The second kappa shape index (κ2) is 12.8. The van der Waals surface area contributed by atoms with Gasteiger partial charge in [-0.25, -0.2) is 8.42 Å². The van der Waals surface area contributed by atoms with Crippen LogP contribution >= 0.6 is 24.0 Å². The number of nitrogens with one attached hydrogen (secondary N) is 1. The zero-order valence-electron chi connectivity index (χ0n) is 18.1. The minimum atomic E-state index is -3.16. The van der Waals surface area contributed by atoms with Crippen LogP contribution in [0.1, 0.15) is 18.1 Å². The van der Waals surface area contributed by atoms with Crippen LogP contribution in [0.2, 0.25) is 0 Å². The molecule has 166 valence electrons. The number of sulfone groups is 1. The third-order valence-electron chi connectivity index (χ3n) is 4.49. The number of rotatable bonds is 9. The predicted molar refractivity (Wildman–Crippen MR) is 134 cm³/mol. The number of para-hydroxylation sites is 1. The molecule has 0 aliphatic rings. The number of nitrogens with zero attached hydrogens (tertiary/aromatic N) is 2. The molecule has 1 N–H and O–H groups in total. The summed E-state index contributed by atoms with van der Waals surface area (Å²) in [5.74, 6) is 1.73. The summed E-state index contributed by atoms with van der Waals surface area (Å²) in [6.07, 6.45) is 1.96. The Balaban J connectivity index is 0.00000450. The first-order valence-corrected chi connectivity index (χ1v) is 11.7. The topological polar surface area (TPSA) is 71.0 Å². The number of ether oxygens (including phenoxy) is 1. The minimum Gasteiger partial charge on any atom is -0.491 e. The molecule has 0 aromatic heterocycles. The van der Waals surface area contributed by atoms with Crippen LogP contribution in [-0.4, -0.2) is 58.8 Å². The van der Waals surface area contributed by atoms with Crippen LogP contribution in [0.3, 0.4) is 0 Å². The Hall–Kier alpha value is -1.81. The Morgan fingerprint density at radius 2 is 1.80 bits per heavy atom. The molecule has 0 aliphatic carbocycles. The summed E-state index contributed by atoms with van der Waals surface area (Å²) >= 11 is 0. The summed E-state index contributed by atoms with van der Waals surface area (Å²) in [6, 6.07) is 15.0. The lowest BCUT2D eigenvalue weighted by Gasteiger charge is -2.22. The van der Waals surface area contributed by atoms with Gasteiger partial charge in [0.1, 0.15) is 12.4 Å². The molecule has 0 fully saturated rings. The van der Waals surface area contributed by atoms with E-state index in [-0.39, 0.29) is 24.0 Å². The molecule has 0 atom stereocenters. The number of halogens is 1. The summed E-state index contributed by atoms with van der Waals surface area (Å²) in [4.78, 5) is 7.07. The van der Waals surface area contributed by atoms with E-state index < -0.39 is 9.84 Å². The highest BCUT2D eigenvalue weighted by atomic mass is 127. The van der Waals surface area contributed by atoms with Crippen molar-refractivity contribution in [1.82, 2.24) is 10.2 Å². The second-order valence-electron chi connectivity index (χ2n) is 6.94. The summed E-state index contributed by atoms with van der Waals surface area (Å²) in [5, 5.41) is 3.30. The lowest BCUT2D eigenvalue weighted by atomic mass is 10.1. The van der Waals surface area contributed by atoms with Crippen LogP contribution in [0.15, 0.2) is 58.4 Å². The van der Waals surface area contributed by atoms with Gasteiger partial charge in [0.15, 0.2) is 15.8 Å². The average molecular weight is 545 g/mol. The highest BCUT2D eigenvalue weighted by Gasteiger charge is 2.08. The fourth-order valence-corrected chi connectivity index (χ4v) is 3.41. The first kappa shape index (κ1) is 26.2. The molecule has 0 bridgehead atoms. The van der Waals surface area contributed by atoms with E-state index in [0.717, 1.165) is 35.8 Å². The Bertz CT molecular complexity index is 915. The van der Waals surface area contributed by atoms with Crippen molar-refractivity contribution in [1.29, 1.82) is 0 Å². The van der Waals surface area contributed by atoms with Crippen LogP contribution in [-0.2, 0) is 16.3 Å². The molecule has 0 unspecified atom stereocenters. The Morgan fingerprint density at radius 3 is 2.40 bits per heavy atom. The molecular weight excluding hydrogens is 513 g/mol. The standard InChI is InChI=1S/C22H31N3O3S.HI/c1-5-23-22(25(3)16-17-28-21-9-7-6-8-18(21)2)24-15-14-19-10-12-20(13-11-19)29(4,26)27;/h6-13H,5,14-17H2,1-4H3,(H,23,24);1H. The SMILES string of the molecule is CCNC(=NCCc1ccc(S(C)(=O)=O)cc1)N(C)CCOc1ccccc1C.I. The fraction of sp³-hybridized carbons (Fsp3) is 0.409. The van der Waals surface area contributed by atoms with E-state index in [0.29, 0.717) is 24.6 Å². The fourth-order valence-electron chi connectivity index (χ4n) is 2.78. The van der Waals surface area contributed by atoms with Crippen molar-refractivity contribution in [3.63, 3.8) is 0 Å². The lowest BCUT2D eigenvalue weighted by Crippen LogP contribution is -2.41. The van der Waals surface area contributed by atoms with Gasteiger partial charge in [-0.05, 0) is 49.6 Å². The van der Waals surface area contributed by atoms with Crippen molar-refractivity contribution in [3.8, 4) is 5.75 Å². The van der Waals surface area contributed by atoms with E-state index in [1.807, 2.05) is 57.3 Å². The van der Waals surface area contributed by atoms with E-state index in [4.69, 9.17) is 4.74 Å². The Kier molecular flexibility index (Phi) is 11.2. The molecule has 2 aromatic carbocycles. The zero-order valence-corrected chi connectivity index (χ0v) is 21.2. The highest BCUT2D eigenvalue weighted by molar-refractivity contribution is 14.0. The van der Waals surface area contributed by atoms with Gasteiger partial charge in [-0.1, -0.05) is 30.3 Å². The molecule has 30 heavy (non-hydrogen) atoms. The molecule has 0 aliphatic heterocycles. The van der Waals surface area contributed by atoms with Crippen LogP contribution in [0.4, 0.5) is 0 Å². The highest BCUT2D eigenvalue weighted by Crippen LogP contribution is 2.16. The Labute approximate surface area is 197 Å². The maximum Gasteiger partial charge on any atom is 0.193 e. The molecule has 8 heteroatoms. The lowest BCUT2D eigenvalue weighted by molar-refractivity contribution is 0.280. The van der Waals surface area contributed by atoms with Crippen LogP contribution in [0, 0.1) is 6.92 Å². The molecule has 0 heterocycles. The van der Waals surface area contributed by atoms with Crippen LogP contribution < -0.4 is 10.1 Å². The molecule has 2 aromatic rings. The largest absolute Gasteiger partial charge is 0.491 e. The van der Waals surface area contributed by atoms with Gasteiger partial charge in [-0.3, -0.25) is 4.99 Å². The molecule has 0 amide bonds. The zero-order chi connectivity index (χ0) is 21.3. The molecule has 0 radical (unpaired) electrons. The van der Waals surface area contributed by atoms with E-state index in [2.05, 4.69) is 15.2 Å². The molecular formula is C22H32IN3O3S. The molecule has 2 rings (SSSR count). The van der Waals surface area contributed by atoms with Gasteiger partial charge >= 0.3 is 0 Å². The number of hydrogen-bond donors (Lipinski definition) is 1. The predicted octanol–water partition coefficient (Wildman–Crippen LogP) is 3.54. The molecule has 0 saturated carbocycles. The summed E-state index contributed by atoms with van der Waals surface area (Å²) in [7, 11) is -1.17. The minimum absolute atomic E-state index is 0. The molecule has 0 saturated heterocycles. The summed E-state index contributed by atoms with van der Waals surface area (Å²) < 4.78 is 29.0. The van der Waals surface area contributed by atoms with E-state index in [1.54, 1.807) is 12.1 Å². The maximum absolute atomic E-state index is 11.5. The van der Waals surface area contributed by atoms with Gasteiger partial charge in [-0.2, -0.15) is 0 Å². The third kappa shape index (κ3) is 8.51. The van der Waals surface area contributed by atoms with E-state index >= 15 is 0 Å². The number of benzene rings is 2. The van der Waals surface area contributed by atoms with E-state index in [1.165, 1.54) is 6.26 Å². The van der Waals surface area contributed by atoms with Crippen molar-refractivity contribution in [2.24, 2.45) is 4.99 Å². The number of hydrogen-bond acceptors (Lipinski definition) is 4. The van der Waals surface area contributed by atoms with Crippen LogP contribution in [0.5, 0.6) is 5.75 Å². The second-order valence-corrected chi connectivity index (χ2v) is 8.95. The first-order valence-electron chi connectivity index (χ1n) is 9.78. The monoisotopic (exact) mass is 545 g/mol. The smallest absolute Gasteiger partial charge is 0.193 e.